The molecule has 5 nitrogen and oxygen atoms in total. The van der Waals surface area contributed by atoms with Crippen LogP contribution in [-0.2, 0) is 27.7 Å². The van der Waals surface area contributed by atoms with E-state index in [1.165, 1.54) is 29.3 Å². The summed E-state index contributed by atoms with van der Waals surface area (Å²) in [6.07, 6.45) is 3.38. The van der Waals surface area contributed by atoms with Gasteiger partial charge in [0, 0.05) is 37.1 Å². The zero-order chi connectivity index (χ0) is 21.3. The average molecular weight is 453 g/mol. The van der Waals surface area contributed by atoms with Gasteiger partial charge in [-0.05, 0) is 54.7 Å². The van der Waals surface area contributed by atoms with Crippen molar-refractivity contribution in [3.05, 3.63) is 59.2 Å². The summed E-state index contributed by atoms with van der Waals surface area (Å²) in [5.74, 6) is -1.70. The number of halogens is 2. The van der Waals surface area contributed by atoms with Gasteiger partial charge in [-0.3, -0.25) is 4.79 Å². The number of carbonyl (C=O) groups is 1. The largest absolute Gasteiger partial charge is 0.339 e. The number of hydrogen-bond donors (Lipinski definition) is 0. The molecule has 1 amide bonds. The minimum Gasteiger partial charge on any atom is -0.339 e. The standard InChI is InChI=1S/C21H22F2N2O3S2/c22-17-5-7-20(19(23)13-17)30(27,28)25-10-8-24(9-11-25)21(26)14-29-18-6-4-15-2-1-3-16(15)12-18/h4-7,12-13H,1-3,8-11,14H2. The van der Waals surface area contributed by atoms with E-state index in [0.29, 0.717) is 6.07 Å². The molecule has 2 aliphatic rings. The molecule has 0 unspecified atom stereocenters. The van der Waals surface area contributed by atoms with Crippen LogP contribution in [0.25, 0.3) is 0 Å². The summed E-state index contributed by atoms with van der Waals surface area (Å²) in [7, 11) is -4.07. The van der Waals surface area contributed by atoms with Gasteiger partial charge in [0.25, 0.3) is 0 Å². The zero-order valence-electron chi connectivity index (χ0n) is 16.3. The molecule has 0 N–H and O–H groups in total. The summed E-state index contributed by atoms with van der Waals surface area (Å²) in [4.78, 5) is 14.7. The summed E-state index contributed by atoms with van der Waals surface area (Å²) < 4.78 is 53.5. The Kier molecular flexibility index (Phi) is 6.13. The van der Waals surface area contributed by atoms with Gasteiger partial charge in [-0.2, -0.15) is 4.31 Å². The topological polar surface area (TPSA) is 57.7 Å². The van der Waals surface area contributed by atoms with Crippen LogP contribution in [0.15, 0.2) is 46.2 Å². The van der Waals surface area contributed by atoms with Gasteiger partial charge in [0.2, 0.25) is 15.9 Å². The lowest BCUT2D eigenvalue weighted by Gasteiger charge is -2.34. The second kappa shape index (κ2) is 8.64. The number of piperazine rings is 1. The molecule has 0 aromatic heterocycles. The molecule has 0 atom stereocenters. The molecule has 1 heterocycles. The van der Waals surface area contributed by atoms with Gasteiger partial charge in [-0.1, -0.05) is 6.07 Å². The first-order valence-electron chi connectivity index (χ1n) is 9.82. The third kappa shape index (κ3) is 4.38. The van der Waals surface area contributed by atoms with Crippen LogP contribution in [0.1, 0.15) is 17.5 Å². The molecule has 1 aliphatic heterocycles. The van der Waals surface area contributed by atoms with Crippen molar-refractivity contribution < 1.29 is 22.0 Å². The molecule has 4 rings (SSSR count). The van der Waals surface area contributed by atoms with Crippen molar-refractivity contribution in [2.75, 3.05) is 31.9 Å². The number of hydrogen-bond acceptors (Lipinski definition) is 4. The molecule has 1 fully saturated rings. The van der Waals surface area contributed by atoms with Crippen molar-refractivity contribution in [3.63, 3.8) is 0 Å². The van der Waals surface area contributed by atoms with Gasteiger partial charge < -0.3 is 4.90 Å². The molecule has 2 aromatic rings. The highest BCUT2D eigenvalue weighted by Gasteiger charge is 2.32. The van der Waals surface area contributed by atoms with Crippen molar-refractivity contribution in [1.82, 2.24) is 9.21 Å². The lowest BCUT2D eigenvalue weighted by molar-refractivity contribution is -0.129. The van der Waals surface area contributed by atoms with Crippen LogP contribution in [0.2, 0.25) is 0 Å². The highest BCUT2D eigenvalue weighted by molar-refractivity contribution is 8.00. The second-order valence-electron chi connectivity index (χ2n) is 7.43. The van der Waals surface area contributed by atoms with Crippen molar-refractivity contribution in [3.8, 4) is 0 Å². The molecule has 30 heavy (non-hydrogen) atoms. The number of aryl methyl sites for hydroxylation is 2. The number of nitrogens with zero attached hydrogens (tertiary/aromatic N) is 2. The highest BCUT2D eigenvalue weighted by Crippen LogP contribution is 2.28. The Bertz CT molecular complexity index is 1070. The maximum Gasteiger partial charge on any atom is 0.246 e. The first kappa shape index (κ1) is 21.3. The van der Waals surface area contributed by atoms with Crippen molar-refractivity contribution in [2.45, 2.75) is 29.1 Å². The third-order valence-electron chi connectivity index (χ3n) is 5.54. The van der Waals surface area contributed by atoms with Crippen LogP contribution in [0.4, 0.5) is 8.78 Å². The van der Waals surface area contributed by atoms with E-state index >= 15 is 0 Å². The van der Waals surface area contributed by atoms with Gasteiger partial charge in [-0.25, -0.2) is 17.2 Å². The maximum atomic E-state index is 13.9. The Morgan fingerprint density at radius 3 is 2.43 bits per heavy atom. The van der Waals surface area contributed by atoms with Gasteiger partial charge in [0.1, 0.15) is 16.5 Å². The third-order valence-corrected chi connectivity index (χ3v) is 8.45. The number of thioether (sulfide) groups is 1. The molecule has 1 aliphatic carbocycles. The summed E-state index contributed by atoms with van der Waals surface area (Å²) in [6, 6.07) is 8.75. The Morgan fingerprint density at radius 2 is 1.70 bits per heavy atom. The van der Waals surface area contributed by atoms with Crippen LogP contribution in [0, 0.1) is 11.6 Å². The minimum absolute atomic E-state index is 0.0505. The number of sulfonamides is 1. The van der Waals surface area contributed by atoms with Gasteiger partial charge in [-0.15, -0.1) is 11.8 Å². The molecule has 1 saturated heterocycles. The molecule has 9 heteroatoms. The summed E-state index contributed by atoms with van der Waals surface area (Å²) in [5.41, 5.74) is 2.75. The van der Waals surface area contributed by atoms with E-state index in [1.807, 2.05) is 6.07 Å². The van der Waals surface area contributed by atoms with E-state index in [2.05, 4.69) is 12.1 Å². The van der Waals surface area contributed by atoms with E-state index < -0.39 is 26.6 Å². The monoisotopic (exact) mass is 452 g/mol. The number of rotatable bonds is 5. The van der Waals surface area contributed by atoms with E-state index in [-0.39, 0.29) is 37.8 Å². The van der Waals surface area contributed by atoms with Crippen LogP contribution in [0.3, 0.4) is 0 Å². The quantitative estimate of drug-likeness (QED) is 0.655. The van der Waals surface area contributed by atoms with Gasteiger partial charge in [0.05, 0.1) is 5.75 Å². The molecule has 0 radical (unpaired) electrons. The Morgan fingerprint density at radius 1 is 0.967 bits per heavy atom. The fourth-order valence-electron chi connectivity index (χ4n) is 3.88. The lowest BCUT2D eigenvalue weighted by Crippen LogP contribution is -2.51. The number of carbonyl (C=O) groups excluding carboxylic acids is 1. The second-order valence-corrected chi connectivity index (χ2v) is 10.4. The van der Waals surface area contributed by atoms with Crippen LogP contribution in [-0.4, -0.2) is 55.5 Å². The highest BCUT2D eigenvalue weighted by atomic mass is 32.2. The molecule has 0 bridgehead atoms. The maximum absolute atomic E-state index is 13.9. The van der Waals surface area contributed by atoms with Gasteiger partial charge in [0.15, 0.2) is 0 Å². The van der Waals surface area contributed by atoms with Gasteiger partial charge >= 0.3 is 0 Å². The summed E-state index contributed by atoms with van der Waals surface area (Å²) >= 11 is 1.49. The number of fused-ring (bicyclic) bond motifs is 1. The van der Waals surface area contributed by atoms with E-state index in [4.69, 9.17) is 0 Å². The summed E-state index contributed by atoms with van der Waals surface area (Å²) in [6.45, 7) is 0.639. The SMILES string of the molecule is O=C(CSc1ccc2c(c1)CCC2)N1CCN(S(=O)(=O)c2ccc(F)cc2F)CC1. The molecule has 160 valence electrons. The first-order valence-corrected chi connectivity index (χ1v) is 12.2. The normalized spacial score (nSPS) is 17.2. The first-order chi connectivity index (χ1) is 14.3. The molecule has 2 aromatic carbocycles. The Balaban J connectivity index is 1.33. The molecule has 0 spiro atoms. The molecular formula is C21H22F2N2O3S2. The predicted octanol–water partition coefficient (Wildman–Crippen LogP) is 3.08. The van der Waals surface area contributed by atoms with Crippen LogP contribution < -0.4 is 0 Å². The Labute approximate surface area is 179 Å². The van der Waals surface area contributed by atoms with Crippen molar-refractivity contribution in [1.29, 1.82) is 0 Å². The average Bonchev–Trinajstić information content (AvgIpc) is 3.19. The number of amides is 1. The Hall–Kier alpha value is -1.97. The van der Waals surface area contributed by atoms with Crippen molar-refractivity contribution in [2.24, 2.45) is 0 Å². The lowest BCUT2D eigenvalue weighted by atomic mass is 10.1. The van der Waals surface area contributed by atoms with Crippen LogP contribution >= 0.6 is 11.8 Å². The van der Waals surface area contributed by atoms with E-state index in [1.54, 1.807) is 4.90 Å². The number of benzene rings is 2. The van der Waals surface area contributed by atoms with E-state index in [9.17, 15) is 22.0 Å². The fourth-order valence-corrected chi connectivity index (χ4v) is 6.21. The summed E-state index contributed by atoms with van der Waals surface area (Å²) in [5, 5.41) is 0. The fraction of sp³-hybridized carbons (Fsp3) is 0.381. The van der Waals surface area contributed by atoms with Crippen molar-refractivity contribution >= 4 is 27.7 Å². The molecule has 0 saturated carbocycles. The predicted molar refractivity (Wildman–Crippen MR) is 111 cm³/mol. The zero-order valence-corrected chi connectivity index (χ0v) is 17.9. The smallest absolute Gasteiger partial charge is 0.246 e. The molecular weight excluding hydrogens is 430 g/mol. The minimum atomic E-state index is -4.07. The van der Waals surface area contributed by atoms with E-state index in [0.717, 1.165) is 34.2 Å². The van der Waals surface area contributed by atoms with Crippen LogP contribution in [0.5, 0.6) is 0 Å².